The van der Waals surface area contributed by atoms with Gasteiger partial charge in [-0.15, -0.1) is 11.8 Å². The molecular weight excluding hydrogens is 355 g/mol. The molecule has 2 aromatic rings. The third-order valence-electron chi connectivity index (χ3n) is 2.21. The average molecular weight is 364 g/mol. The Hall–Kier alpha value is -0.290. The average Bonchev–Trinajstić information content (AvgIpc) is 2.35. The van der Waals surface area contributed by atoms with Gasteiger partial charge in [0.25, 0.3) is 0 Å². The third-order valence-corrected chi connectivity index (χ3v) is 4.97. The van der Waals surface area contributed by atoms with Crippen molar-refractivity contribution in [3.05, 3.63) is 50.4 Å². The van der Waals surface area contributed by atoms with E-state index in [1.807, 2.05) is 0 Å². The van der Waals surface area contributed by atoms with E-state index in [9.17, 15) is 0 Å². The lowest BCUT2D eigenvalue weighted by Gasteiger charge is -2.04. The van der Waals surface area contributed by atoms with Gasteiger partial charge >= 0.3 is 0 Å². The van der Waals surface area contributed by atoms with Gasteiger partial charge in [0.1, 0.15) is 16.1 Å². The zero-order chi connectivity index (χ0) is 13.1. The molecule has 0 amide bonds. The zero-order valence-electron chi connectivity index (χ0n) is 9.45. The van der Waals surface area contributed by atoms with Crippen molar-refractivity contribution in [1.82, 2.24) is 9.97 Å². The molecule has 0 bridgehead atoms. The highest BCUT2D eigenvalue weighted by atomic mass is 79.9. The van der Waals surface area contributed by atoms with E-state index in [4.69, 9.17) is 23.2 Å². The smallest absolute Gasteiger partial charge is 0.148 e. The number of thioether (sulfide) groups is 1. The van der Waals surface area contributed by atoms with E-state index in [0.717, 1.165) is 0 Å². The summed E-state index contributed by atoms with van der Waals surface area (Å²) >= 11 is 16.7. The highest BCUT2D eigenvalue weighted by Gasteiger charge is 2.09. The molecular formula is C12H9BrCl2N2S. The second-order valence-electron chi connectivity index (χ2n) is 3.64. The summed E-state index contributed by atoms with van der Waals surface area (Å²) < 4.78 is 0.537. The van der Waals surface area contributed by atoms with Gasteiger partial charge < -0.3 is 0 Å². The van der Waals surface area contributed by atoms with Crippen LogP contribution in [0.15, 0.2) is 33.6 Å². The third kappa shape index (κ3) is 3.60. The fourth-order valence-corrected chi connectivity index (χ4v) is 2.64. The summed E-state index contributed by atoms with van der Waals surface area (Å²) in [5.41, 5.74) is 1.24. The Bertz CT molecular complexity index is 537. The van der Waals surface area contributed by atoms with Crippen molar-refractivity contribution in [3.63, 3.8) is 0 Å². The molecule has 0 fully saturated rings. The lowest BCUT2D eigenvalue weighted by Crippen LogP contribution is -1.94. The van der Waals surface area contributed by atoms with E-state index in [1.54, 1.807) is 11.8 Å². The highest BCUT2D eigenvalue weighted by molar-refractivity contribution is 9.10. The van der Waals surface area contributed by atoms with Gasteiger partial charge in [0.05, 0.1) is 10.2 Å². The Labute approximate surface area is 128 Å². The number of hydrogen-bond acceptors (Lipinski definition) is 3. The van der Waals surface area contributed by atoms with Crippen LogP contribution >= 0.6 is 50.9 Å². The van der Waals surface area contributed by atoms with Crippen molar-refractivity contribution in [2.24, 2.45) is 0 Å². The van der Waals surface area contributed by atoms with E-state index in [0.29, 0.717) is 26.4 Å². The minimum absolute atomic E-state index is 0.342. The number of aromatic nitrogens is 2. The van der Waals surface area contributed by atoms with Crippen molar-refractivity contribution >= 4 is 50.9 Å². The lowest BCUT2D eigenvalue weighted by atomic mass is 10.2. The Morgan fingerprint density at radius 1 is 1.11 bits per heavy atom. The maximum Gasteiger partial charge on any atom is 0.148 e. The van der Waals surface area contributed by atoms with Crippen LogP contribution in [0.2, 0.25) is 10.3 Å². The Morgan fingerprint density at radius 3 is 2.22 bits per heavy atom. The van der Waals surface area contributed by atoms with Crippen molar-refractivity contribution in [2.75, 3.05) is 0 Å². The van der Waals surface area contributed by atoms with Gasteiger partial charge in [-0.05, 0) is 35.0 Å². The predicted molar refractivity (Wildman–Crippen MR) is 80.5 cm³/mol. The SMILES string of the molecule is Cc1ccc(SCc2nc(Cl)c(Br)c(Cl)n2)cc1. The highest BCUT2D eigenvalue weighted by Crippen LogP contribution is 2.29. The summed E-state index contributed by atoms with van der Waals surface area (Å²) in [5.74, 6) is 1.26. The molecule has 0 spiro atoms. The molecule has 0 N–H and O–H groups in total. The summed E-state index contributed by atoms with van der Waals surface area (Å²) in [4.78, 5) is 9.50. The fourth-order valence-electron chi connectivity index (χ4n) is 1.28. The molecule has 0 saturated heterocycles. The Balaban J connectivity index is 2.08. The number of nitrogens with zero attached hydrogens (tertiary/aromatic N) is 2. The van der Waals surface area contributed by atoms with Crippen molar-refractivity contribution in [1.29, 1.82) is 0 Å². The summed E-state index contributed by atoms with van der Waals surface area (Å²) in [7, 11) is 0. The Morgan fingerprint density at radius 2 is 1.67 bits per heavy atom. The molecule has 0 aliphatic rings. The molecule has 0 radical (unpaired) electrons. The minimum Gasteiger partial charge on any atom is -0.219 e. The molecule has 0 atom stereocenters. The number of rotatable bonds is 3. The normalized spacial score (nSPS) is 10.7. The molecule has 2 rings (SSSR count). The molecule has 0 aliphatic heterocycles. The van der Waals surface area contributed by atoms with Gasteiger partial charge in [0.2, 0.25) is 0 Å². The summed E-state index contributed by atoms with van der Waals surface area (Å²) in [6.07, 6.45) is 0. The van der Waals surface area contributed by atoms with Gasteiger partial charge in [0, 0.05) is 4.90 Å². The number of benzene rings is 1. The maximum atomic E-state index is 5.93. The van der Waals surface area contributed by atoms with Crippen LogP contribution in [0.4, 0.5) is 0 Å². The van der Waals surface area contributed by atoms with Gasteiger partial charge in [-0.25, -0.2) is 9.97 Å². The van der Waals surface area contributed by atoms with E-state index < -0.39 is 0 Å². The fraction of sp³-hybridized carbons (Fsp3) is 0.167. The largest absolute Gasteiger partial charge is 0.219 e. The second-order valence-corrected chi connectivity index (χ2v) is 6.19. The summed E-state index contributed by atoms with van der Waals surface area (Å²) in [6.45, 7) is 2.06. The van der Waals surface area contributed by atoms with Crippen LogP contribution in [0, 0.1) is 6.92 Å². The molecule has 94 valence electrons. The first kappa shape index (κ1) is 14.1. The summed E-state index contributed by atoms with van der Waals surface area (Å²) in [6, 6.07) is 8.29. The van der Waals surface area contributed by atoms with Crippen LogP contribution < -0.4 is 0 Å². The van der Waals surface area contributed by atoms with Crippen LogP contribution in [0.5, 0.6) is 0 Å². The zero-order valence-corrected chi connectivity index (χ0v) is 13.4. The minimum atomic E-state index is 0.342. The maximum absolute atomic E-state index is 5.93. The number of halogens is 3. The first-order chi connectivity index (χ1) is 8.56. The first-order valence-corrected chi connectivity index (χ1v) is 7.66. The van der Waals surface area contributed by atoms with Crippen LogP contribution in [0.3, 0.4) is 0 Å². The molecule has 6 heteroatoms. The van der Waals surface area contributed by atoms with Gasteiger partial charge in [-0.1, -0.05) is 40.9 Å². The van der Waals surface area contributed by atoms with Gasteiger partial charge in [-0.2, -0.15) is 0 Å². The first-order valence-electron chi connectivity index (χ1n) is 5.13. The van der Waals surface area contributed by atoms with E-state index in [1.165, 1.54) is 10.5 Å². The van der Waals surface area contributed by atoms with Crippen LogP contribution in [0.1, 0.15) is 11.4 Å². The van der Waals surface area contributed by atoms with E-state index >= 15 is 0 Å². The Kier molecular flexibility index (Phi) is 4.90. The quantitative estimate of drug-likeness (QED) is 0.557. The molecule has 0 unspecified atom stereocenters. The van der Waals surface area contributed by atoms with Crippen LogP contribution in [-0.2, 0) is 5.75 Å². The molecule has 2 nitrogen and oxygen atoms in total. The molecule has 18 heavy (non-hydrogen) atoms. The van der Waals surface area contributed by atoms with Crippen molar-refractivity contribution in [3.8, 4) is 0 Å². The predicted octanol–water partition coefficient (Wildman–Crippen LogP) is 5.15. The van der Waals surface area contributed by atoms with Crippen molar-refractivity contribution < 1.29 is 0 Å². The molecule has 1 heterocycles. The van der Waals surface area contributed by atoms with Crippen LogP contribution in [-0.4, -0.2) is 9.97 Å². The molecule has 0 saturated carbocycles. The van der Waals surface area contributed by atoms with Gasteiger partial charge in [0.15, 0.2) is 0 Å². The molecule has 0 aliphatic carbocycles. The topological polar surface area (TPSA) is 25.8 Å². The van der Waals surface area contributed by atoms with E-state index in [-0.39, 0.29) is 0 Å². The standard InChI is InChI=1S/C12H9BrCl2N2S/c1-7-2-4-8(5-3-7)18-6-9-16-11(14)10(13)12(15)17-9/h2-5H,6H2,1H3. The van der Waals surface area contributed by atoms with Crippen LogP contribution in [0.25, 0.3) is 0 Å². The van der Waals surface area contributed by atoms with Crippen molar-refractivity contribution in [2.45, 2.75) is 17.6 Å². The number of hydrogen-bond donors (Lipinski definition) is 0. The monoisotopic (exact) mass is 362 g/mol. The lowest BCUT2D eigenvalue weighted by molar-refractivity contribution is 1.02. The number of aryl methyl sites for hydroxylation is 1. The summed E-state index contributed by atoms with van der Waals surface area (Å²) in [5, 5.41) is 0.684. The second kappa shape index (κ2) is 6.24. The van der Waals surface area contributed by atoms with Gasteiger partial charge in [-0.3, -0.25) is 0 Å². The molecule has 1 aromatic heterocycles. The molecule has 1 aromatic carbocycles. The van der Waals surface area contributed by atoms with E-state index in [2.05, 4.69) is 57.1 Å².